The first-order valence-corrected chi connectivity index (χ1v) is 10.5. The fraction of sp³-hybridized carbons (Fsp3) is 0.200. The van der Waals surface area contributed by atoms with Crippen LogP contribution in [0.15, 0.2) is 45.3 Å². The Kier molecular flexibility index (Phi) is 5.81. The quantitative estimate of drug-likeness (QED) is 0.464. The minimum Gasteiger partial charge on any atom is -0.449 e. The molecule has 1 amide bonds. The molecule has 0 atom stereocenters. The molecule has 2 aromatic carbocycles. The van der Waals surface area contributed by atoms with E-state index in [-0.39, 0.29) is 11.9 Å². The maximum absolute atomic E-state index is 12.9. The van der Waals surface area contributed by atoms with Crippen molar-refractivity contribution in [1.82, 2.24) is 4.90 Å². The second kappa shape index (κ2) is 8.37. The van der Waals surface area contributed by atoms with Gasteiger partial charge in [0.1, 0.15) is 5.58 Å². The van der Waals surface area contributed by atoms with Gasteiger partial charge in [0, 0.05) is 37.6 Å². The van der Waals surface area contributed by atoms with E-state index >= 15 is 0 Å². The van der Waals surface area contributed by atoms with Gasteiger partial charge < -0.3 is 24.1 Å². The van der Waals surface area contributed by atoms with E-state index < -0.39 is 6.16 Å². The molecule has 0 saturated carbocycles. The second-order valence-electron chi connectivity index (χ2n) is 6.62. The SMILES string of the molecule is O=C(O)Oc1cc2c(Br)c(N3CCN(C(=O)c4c(Cl)cccc4Cl)CC3)ccc2o1. The van der Waals surface area contributed by atoms with Gasteiger partial charge in [-0.25, -0.2) is 4.79 Å². The molecule has 4 rings (SSSR count). The van der Waals surface area contributed by atoms with Crippen LogP contribution in [0.1, 0.15) is 10.4 Å². The van der Waals surface area contributed by atoms with Crippen molar-refractivity contribution in [2.45, 2.75) is 0 Å². The van der Waals surface area contributed by atoms with Crippen molar-refractivity contribution in [1.29, 1.82) is 0 Å². The lowest BCUT2D eigenvalue weighted by Crippen LogP contribution is -2.49. The Bertz CT molecular complexity index is 1120. The zero-order valence-corrected chi connectivity index (χ0v) is 18.5. The monoisotopic (exact) mass is 512 g/mol. The van der Waals surface area contributed by atoms with Gasteiger partial charge in [-0.05, 0) is 40.2 Å². The molecule has 7 nitrogen and oxygen atoms in total. The van der Waals surface area contributed by atoms with Crippen LogP contribution in [0.25, 0.3) is 11.0 Å². The first-order valence-electron chi connectivity index (χ1n) is 8.96. The number of amides is 1. The van der Waals surface area contributed by atoms with Gasteiger partial charge in [0.05, 0.1) is 25.8 Å². The number of hydrogen-bond donors (Lipinski definition) is 1. The maximum atomic E-state index is 12.9. The Morgan fingerprint density at radius 2 is 1.73 bits per heavy atom. The molecular weight excluding hydrogens is 499 g/mol. The fourth-order valence-corrected chi connectivity index (χ4v) is 4.69. The van der Waals surface area contributed by atoms with E-state index in [1.807, 2.05) is 6.07 Å². The molecule has 0 radical (unpaired) electrons. The van der Waals surface area contributed by atoms with Crippen molar-refractivity contribution in [2.75, 3.05) is 31.1 Å². The van der Waals surface area contributed by atoms with Crippen LogP contribution in [0.5, 0.6) is 5.95 Å². The van der Waals surface area contributed by atoms with Crippen molar-refractivity contribution in [2.24, 2.45) is 0 Å². The lowest BCUT2D eigenvalue weighted by molar-refractivity contribution is 0.0747. The Labute approximate surface area is 189 Å². The third kappa shape index (κ3) is 3.95. The van der Waals surface area contributed by atoms with E-state index in [0.29, 0.717) is 52.8 Å². The summed E-state index contributed by atoms with van der Waals surface area (Å²) < 4.78 is 10.7. The molecule has 1 N–H and O–H groups in total. The van der Waals surface area contributed by atoms with Crippen LogP contribution in [0.3, 0.4) is 0 Å². The summed E-state index contributed by atoms with van der Waals surface area (Å²) in [6.07, 6.45) is -1.44. The molecule has 156 valence electrons. The predicted octanol–water partition coefficient (Wildman–Crippen LogP) is 5.52. The molecule has 0 bridgehead atoms. The number of ether oxygens (including phenoxy) is 1. The van der Waals surface area contributed by atoms with Crippen molar-refractivity contribution >= 4 is 67.9 Å². The lowest BCUT2D eigenvalue weighted by atomic mass is 10.1. The largest absolute Gasteiger partial charge is 0.513 e. The van der Waals surface area contributed by atoms with E-state index in [4.69, 9.17) is 32.7 Å². The first-order chi connectivity index (χ1) is 14.3. The van der Waals surface area contributed by atoms with E-state index in [9.17, 15) is 9.59 Å². The average Bonchev–Trinajstić information content (AvgIpc) is 3.11. The number of carbonyl (C=O) groups excluding carboxylic acids is 1. The van der Waals surface area contributed by atoms with Crippen LogP contribution in [-0.2, 0) is 0 Å². The highest BCUT2D eigenvalue weighted by Crippen LogP contribution is 2.38. The summed E-state index contributed by atoms with van der Waals surface area (Å²) in [5.74, 6) is -0.285. The molecule has 2 heterocycles. The van der Waals surface area contributed by atoms with Crippen LogP contribution in [0.2, 0.25) is 10.0 Å². The third-order valence-corrected chi connectivity index (χ3v) is 6.33. The van der Waals surface area contributed by atoms with E-state index in [2.05, 4.69) is 25.6 Å². The molecule has 0 spiro atoms. The second-order valence-corrected chi connectivity index (χ2v) is 8.23. The third-order valence-electron chi connectivity index (χ3n) is 4.86. The number of rotatable bonds is 3. The molecule has 1 aliphatic heterocycles. The maximum Gasteiger partial charge on any atom is 0.513 e. The van der Waals surface area contributed by atoms with E-state index in [1.54, 1.807) is 29.2 Å². The first kappa shape index (κ1) is 20.8. The van der Waals surface area contributed by atoms with Gasteiger partial charge in [0.15, 0.2) is 0 Å². The van der Waals surface area contributed by atoms with Crippen LogP contribution >= 0.6 is 39.1 Å². The molecular formula is C20H15BrCl2N2O5. The Morgan fingerprint density at radius 3 is 2.37 bits per heavy atom. The number of carbonyl (C=O) groups is 2. The van der Waals surface area contributed by atoms with Crippen LogP contribution < -0.4 is 9.64 Å². The molecule has 10 heteroatoms. The highest BCUT2D eigenvalue weighted by molar-refractivity contribution is 9.10. The number of benzene rings is 2. The minimum atomic E-state index is -1.44. The summed E-state index contributed by atoms with van der Waals surface area (Å²) in [4.78, 5) is 27.5. The summed E-state index contributed by atoms with van der Waals surface area (Å²) in [5, 5.41) is 10.1. The molecule has 0 unspecified atom stereocenters. The topological polar surface area (TPSA) is 83.2 Å². The number of anilines is 1. The van der Waals surface area contributed by atoms with E-state index in [1.165, 1.54) is 6.07 Å². The molecule has 1 saturated heterocycles. The van der Waals surface area contributed by atoms with E-state index in [0.717, 1.165) is 10.2 Å². The number of hydrogen-bond acceptors (Lipinski definition) is 5. The van der Waals surface area contributed by atoms with Crippen molar-refractivity contribution in [3.63, 3.8) is 0 Å². The number of piperazine rings is 1. The van der Waals surface area contributed by atoms with Crippen LogP contribution in [0, 0.1) is 0 Å². The number of nitrogens with zero attached hydrogens (tertiary/aromatic N) is 2. The predicted molar refractivity (Wildman–Crippen MR) is 117 cm³/mol. The van der Waals surface area contributed by atoms with Gasteiger partial charge in [0.25, 0.3) is 11.9 Å². The Balaban J connectivity index is 1.51. The van der Waals surface area contributed by atoms with Crippen molar-refractivity contribution in [3.05, 3.63) is 56.5 Å². The highest BCUT2D eigenvalue weighted by atomic mass is 79.9. The highest BCUT2D eigenvalue weighted by Gasteiger charge is 2.26. The summed E-state index contributed by atoms with van der Waals surface area (Å²) in [7, 11) is 0. The van der Waals surface area contributed by atoms with Gasteiger partial charge in [-0.2, -0.15) is 0 Å². The van der Waals surface area contributed by atoms with Gasteiger partial charge in [0.2, 0.25) is 0 Å². The minimum absolute atomic E-state index is 0.0950. The standard InChI is InChI=1S/C20H15BrCl2N2O5/c21-18-11-10-16(30-20(27)28)29-15(11)5-4-14(18)24-6-8-25(9-7-24)19(26)17-12(22)2-1-3-13(17)23/h1-5,10H,6-9H2,(H,27,28). The Morgan fingerprint density at radius 1 is 1.07 bits per heavy atom. The van der Waals surface area contributed by atoms with Crippen LogP contribution in [-0.4, -0.2) is 48.2 Å². The zero-order chi connectivity index (χ0) is 21.4. The molecule has 0 aliphatic carbocycles. The lowest BCUT2D eigenvalue weighted by Gasteiger charge is -2.36. The summed E-state index contributed by atoms with van der Waals surface area (Å²) in [5.41, 5.74) is 1.73. The molecule has 30 heavy (non-hydrogen) atoms. The van der Waals surface area contributed by atoms with Crippen molar-refractivity contribution in [3.8, 4) is 5.95 Å². The number of fused-ring (bicyclic) bond motifs is 1. The van der Waals surface area contributed by atoms with Gasteiger partial charge in [-0.1, -0.05) is 29.3 Å². The fourth-order valence-electron chi connectivity index (χ4n) is 3.43. The summed E-state index contributed by atoms with van der Waals surface area (Å²) >= 11 is 15.9. The molecule has 1 aromatic heterocycles. The molecule has 1 fully saturated rings. The summed E-state index contributed by atoms with van der Waals surface area (Å²) in [6.45, 7) is 2.22. The smallest absolute Gasteiger partial charge is 0.449 e. The number of furan rings is 1. The van der Waals surface area contributed by atoms with Crippen LogP contribution in [0.4, 0.5) is 10.5 Å². The Hall–Kier alpha value is -2.42. The number of carboxylic acid groups (broad SMARTS) is 1. The normalized spacial score (nSPS) is 14.2. The number of halogens is 3. The zero-order valence-electron chi connectivity index (χ0n) is 15.4. The average molecular weight is 514 g/mol. The molecule has 3 aromatic rings. The van der Waals surface area contributed by atoms with Gasteiger partial charge in [-0.3, -0.25) is 4.79 Å². The summed E-state index contributed by atoms with van der Waals surface area (Å²) in [6, 6.07) is 10.2. The molecule has 1 aliphatic rings. The van der Waals surface area contributed by atoms with Gasteiger partial charge >= 0.3 is 6.16 Å². The van der Waals surface area contributed by atoms with Crippen molar-refractivity contribution < 1.29 is 23.8 Å². The van der Waals surface area contributed by atoms with Gasteiger partial charge in [-0.15, -0.1) is 0 Å².